The van der Waals surface area contributed by atoms with Gasteiger partial charge in [0.25, 0.3) is 0 Å². The molecule has 0 amide bonds. The lowest BCUT2D eigenvalue weighted by Gasteiger charge is -2.15. The van der Waals surface area contributed by atoms with E-state index in [9.17, 15) is 0 Å². The Labute approximate surface area is 93.2 Å². The van der Waals surface area contributed by atoms with Crippen LogP contribution in [0.5, 0.6) is 0 Å². The number of unbranched alkanes of at least 4 members (excludes halogenated alkanes) is 4. The molecule has 0 spiro atoms. The third-order valence-electron chi connectivity index (χ3n) is 3.23. The third-order valence-corrected chi connectivity index (χ3v) is 3.68. The molecule has 1 aliphatic heterocycles. The van der Waals surface area contributed by atoms with Gasteiger partial charge in [-0.1, -0.05) is 57.6 Å². The highest BCUT2D eigenvalue weighted by atomic mass is 35.5. The fraction of sp³-hybridized carbons (Fsp3) is 1.00. The molecule has 1 heterocycles. The van der Waals surface area contributed by atoms with Crippen molar-refractivity contribution in [3.8, 4) is 0 Å². The van der Waals surface area contributed by atoms with Crippen molar-refractivity contribution in [1.29, 1.82) is 0 Å². The Morgan fingerprint density at radius 2 is 1.93 bits per heavy atom. The van der Waals surface area contributed by atoms with Gasteiger partial charge >= 0.3 is 0 Å². The van der Waals surface area contributed by atoms with Crippen molar-refractivity contribution in [2.24, 2.45) is 11.8 Å². The molecule has 1 aliphatic rings. The summed E-state index contributed by atoms with van der Waals surface area (Å²) in [7, 11) is 0. The molecule has 0 aliphatic carbocycles. The monoisotopic (exact) mass is 218 g/mol. The molecule has 0 aromatic rings. The van der Waals surface area contributed by atoms with Crippen LogP contribution >= 0.6 is 11.6 Å². The molecule has 84 valence electrons. The minimum absolute atomic E-state index is 0.0174. The summed E-state index contributed by atoms with van der Waals surface area (Å²) in [5.74, 6) is 1.25. The zero-order valence-corrected chi connectivity index (χ0v) is 10.2. The van der Waals surface area contributed by atoms with E-state index in [0.29, 0.717) is 11.8 Å². The van der Waals surface area contributed by atoms with Crippen LogP contribution in [0, 0.1) is 11.8 Å². The molecule has 0 N–H and O–H groups in total. The molecule has 3 atom stereocenters. The van der Waals surface area contributed by atoms with Crippen LogP contribution in [0.15, 0.2) is 0 Å². The summed E-state index contributed by atoms with van der Waals surface area (Å²) in [6, 6.07) is 0. The Kier molecular flexibility index (Phi) is 5.88. The van der Waals surface area contributed by atoms with Crippen LogP contribution in [0.25, 0.3) is 0 Å². The lowest BCUT2D eigenvalue weighted by Crippen LogP contribution is -2.13. The van der Waals surface area contributed by atoms with E-state index in [0.717, 1.165) is 6.61 Å². The van der Waals surface area contributed by atoms with Crippen molar-refractivity contribution < 1.29 is 4.74 Å². The van der Waals surface area contributed by atoms with E-state index in [1.807, 2.05) is 0 Å². The van der Waals surface area contributed by atoms with Gasteiger partial charge in [-0.05, 0) is 12.3 Å². The molecule has 1 fully saturated rings. The van der Waals surface area contributed by atoms with Crippen LogP contribution in [0.1, 0.15) is 52.4 Å². The van der Waals surface area contributed by atoms with Gasteiger partial charge in [0.1, 0.15) is 5.56 Å². The van der Waals surface area contributed by atoms with Crippen LogP contribution in [-0.2, 0) is 4.74 Å². The smallest absolute Gasteiger partial charge is 0.134 e. The third kappa shape index (κ3) is 3.78. The Morgan fingerprint density at radius 3 is 2.50 bits per heavy atom. The van der Waals surface area contributed by atoms with Crippen molar-refractivity contribution in [1.82, 2.24) is 0 Å². The predicted octanol–water partition coefficient (Wildman–Crippen LogP) is 4.19. The number of halogens is 1. The summed E-state index contributed by atoms with van der Waals surface area (Å²) in [4.78, 5) is 0. The first kappa shape index (κ1) is 12.3. The second-order valence-electron chi connectivity index (χ2n) is 4.53. The molecule has 0 saturated carbocycles. The standard InChI is InChI=1S/C12H23ClO/c1-3-4-5-6-7-8-11-10(2)9-14-12(11)13/h10-12H,3-9H2,1-2H3. The maximum Gasteiger partial charge on any atom is 0.134 e. The quantitative estimate of drug-likeness (QED) is 0.480. The lowest BCUT2D eigenvalue weighted by atomic mass is 9.92. The highest BCUT2D eigenvalue weighted by Gasteiger charge is 2.32. The maximum absolute atomic E-state index is 6.09. The van der Waals surface area contributed by atoms with Crippen molar-refractivity contribution >= 4 is 11.6 Å². The molecule has 2 heteroatoms. The summed E-state index contributed by atoms with van der Waals surface area (Å²) in [5.41, 5.74) is -0.0174. The molecule has 14 heavy (non-hydrogen) atoms. The number of hydrogen-bond donors (Lipinski definition) is 0. The van der Waals surface area contributed by atoms with Crippen molar-refractivity contribution in [2.45, 2.75) is 57.9 Å². The zero-order chi connectivity index (χ0) is 10.4. The molecule has 1 rings (SSSR count). The average Bonchev–Trinajstić information content (AvgIpc) is 2.48. The highest BCUT2D eigenvalue weighted by Crippen LogP contribution is 2.33. The molecular weight excluding hydrogens is 196 g/mol. The first-order valence-electron chi connectivity index (χ1n) is 6.01. The van der Waals surface area contributed by atoms with Gasteiger partial charge in [0.05, 0.1) is 6.61 Å². The van der Waals surface area contributed by atoms with Crippen LogP contribution in [-0.4, -0.2) is 12.2 Å². The number of hydrogen-bond acceptors (Lipinski definition) is 1. The largest absolute Gasteiger partial charge is 0.362 e. The van der Waals surface area contributed by atoms with E-state index in [4.69, 9.17) is 16.3 Å². The summed E-state index contributed by atoms with van der Waals surface area (Å²) >= 11 is 6.09. The van der Waals surface area contributed by atoms with Crippen LogP contribution in [0.4, 0.5) is 0 Å². The van der Waals surface area contributed by atoms with Crippen LogP contribution in [0.3, 0.4) is 0 Å². The molecule has 1 nitrogen and oxygen atoms in total. The fourth-order valence-corrected chi connectivity index (χ4v) is 2.60. The normalized spacial score (nSPS) is 32.4. The maximum atomic E-state index is 6.09. The Balaban J connectivity index is 2.05. The summed E-state index contributed by atoms with van der Waals surface area (Å²) in [6.45, 7) is 5.36. The Morgan fingerprint density at radius 1 is 1.21 bits per heavy atom. The van der Waals surface area contributed by atoms with Gasteiger partial charge in [0, 0.05) is 5.92 Å². The Hall–Kier alpha value is 0.250. The summed E-state index contributed by atoms with van der Waals surface area (Å²) in [5, 5.41) is 0. The second kappa shape index (κ2) is 6.68. The van der Waals surface area contributed by atoms with E-state index in [1.54, 1.807) is 0 Å². The second-order valence-corrected chi connectivity index (χ2v) is 4.96. The van der Waals surface area contributed by atoms with Gasteiger partial charge in [0.15, 0.2) is 0 Å². The van der Waals surface area contributed by atoms with E-state index < -0.39 is 0 Å². The van der Waals surface area contributed by atoms with E-state index >= 15 is 0 Å². The topological polar surface area (TPSA) is 9.23 Å². The van der Waals surface area contributed by atoms with Gasteiger partial charge in [-0.25, -0.2) is 0 Å². The van der Waals surface area contributed by atoms with Gasteiger partial charge < -0.3 is 4.74 Å². The van der Waals surface area contributed by atoms with Gasteiger partial charge in [-0.2, -0.15) is 0 Å². The number of rotatable bonds is 6. The summed E-state index contributed by atoms with van der Waals surface area (Å²) in [6.07, 6.45) is 8.01. The number of alkyl halides is 1. The fourth-order valence-electron chi connectivity index (χ4n) is 2.15. The summed E-state index contributed by atoms with van der Waals surface area (Å²) < 4.78 is 5.42. The van der Waals surface area contributed by atoms with E-state index in [1.165, 1.54) is 38.5 Å². The molecule has 3 unspecified atom stereocenters. The van der Waals surface area contributed by atoms with E-state index in [2.05, 4.69) is 13.8 Å². The van der Waals surface area contributed by atoms with Gasteiger partial charge in [-0.3, -0.25) is 0 Å². The first-order valence-corrected chi connectivity index (χ1v) is 6.45. The van der Waals surface area contributed by atoms with Crippen molar-refractivity contribution in [3.63, 3.8) is 0 Å². The molecule has 0 bridgehead atoms. The molecule has 0 aromatic carbocycles. The molecule has 0 radical (unpaired) electrons. The highest BCUT2D eigenvalue weighted by molar-refractivity contribution is 6.20. The first-order chi connectivity index (χ1) is 6.75. The Bertz CT molecular complexity index is 139. The predicted molar refractivity (Wildman–Crippen MR) is 61.6 cm³/mol. The molecular formula is C12H23ClO. The van der Waals surface area contributed by atoms with Crippen LogP contribution < -0.4 is 0 Å². The molecule has 1 saturated heterocycles. The lowest BCUT2D eigenvalue weighted by molar-refractivity contribution is 0.149. The minimum Gasteiger partial charge on any atom is -0.362 e. The molecule has 0 aromatic heterocycles. The SMILES string of the molecule is CCCCCCCC1C(C)COC1Cl. The van der Waals surface area contributed by atoms with Crippen LogP contribution in [0.2, 0.25) is 0 Å². The van der Waals surface area contributed by atoms with Gasteiger partial charge in [-0.15, -0.1) is 0 Å². The van der Waals surface area contributed by atoms with Crippen molar-refractivity contribution in [3.05, 3.63) is 0 Å². The zero-order valence-electron chi connectivity index (χ0n) is 9.47. The van der Waals surface area contributed by atoms with Gasteiger partial charge in [0.2, 0.25) is 0 Å². The average molecular weight is 219 g/mol. The van der Waals surface area contributed by atoms with Crippen molar-refractivity contribution in [2.75, 3.05) is 6.61 Å². The number of ether oxygens (including phenoxy) is 1. The minimum atomic E-state index is -0.0174. The van der Waals surface area contributed by atoms with E-state index in [-0.39, 0.29) is 5.56 Å².